The Hall–Kier alpha value is -6.87. The van der Waals surface area contributed by atoms with E-state index < -0.39 is 127 Å². The number of nitrogens with two attached hydrogens (primary N) is 4. The number of benzene rings is 2. The van der Waals surface area contributed by atoms with Crippen molar-refractivity contribution in [3.05, 3.63) is 59.7 Å². The lowest BCUT2D eigenvalue weighted by atomic mass is 9.95. The lowest BCUT2D eigenvalue weighted by Gasteiger charge is -2.33. The summed E-state index contributed by atoms with van der Waals surface area (Å²) in [5.41, 5.74) is 24.9. The van der Waals surface area contributed by atoms with Gasteiger partial charge in [0, 0.05) is 36.7 Å². The van der Waals surface area contributed by atoms with Crippen LogP contribution in [-0.2, 0) is 56.0 Å². The summed E-state index contributed by atoms with van der Waals surface area (Å²) in [5.74, 6) is -7.81. The fraction of sp³-hybridized carbons (Fsp3) is 0.551. The minimum atomic E-state index is -1.62. The zero-order valence-electron chi connectivity index (χ0n) is 41.6. The quantitative estimate of drug-likeness (QED) is 0.0272. The zero-order chi connectivity index (χ0) is 54.3. The van der Waals surface area contributed by atoms with Crippen LogP contribution in [0.25, 0.3) is 0 Å². The number of hydrogen-bond donors (Lipinski definition) is 12. The first-order valence-corrected chi connectivity index (χ1v) is 26.1. The number of unbranched alkanes of at least 4 members (excludes halogenated alkanes) is 1. The average molecular weight is 1060 g/mol. The molecule has 408 valence electrons. The van der Waals surface area contributed by atoms with Gasteiger partial charge < -0.3 is 74.6 Å². The number of amides is 8. The lowest BCUT2D eigenvalue weighted by Crippen LogP contribution is -2.60. The van der Waals surface area contributed by atoms with Crippen LogP contribution >= 0.6 is 11.8 Å². The number of fused-ring (bicyclic) bond motifs is 2. The fourth-order valence-corrected chi connectivity index (χ4v) is 11.0. The van der Waals surface area contributed by atoms with E-state index in [1.807, 2.05) is 24.3 Å². The molecular formula is C49H69N13O12S. The van der Waals surface area contributed by atoms with E-state index in [1.54, 1.807) is 24.3 Å². The lowest BCUT2D eigenvalue weighted by molar-refractivity contribution is -0.148. The Kier molecular flexibility index (Phi) is 20.7. The Morgan fingerprint density at radius 1 is 0.840 bits per heavy atom. The summed E-state index contributed by atoms with van der Waals surface area (Å²) in [7, 11) is 0. The van der Waals surface area contributed by atoms with E-state index in [-0.39, 0.29) is 50.6 Å². The number of carboxylic acid groups (broad SMARTS) is 1. The predicted octanol–water partition coefficient (Wildman–Crippen LogP) is -3.86. The second-order valence-electron chi connectivity index (χ2n) is 19.1. The molecule has 26 heteroatoms. The second kappa shape index (κ2) is 27.1. The fourth-order valence-electron chi connectivity index (χ4n) is 9.88. The summed E-state index contributed by atoms with van der Waals surface area (Å²) in [5, 5.41) is 43.7. The van der Waals surface area contributed by atoms with Crippen LogP contribution in [0, 0.1) is 5.92 Å². The summed E-state index contributed by atoms with van der Waals surface area (Å²) in [6.45, 7) is -1.76. The molecule has 75 heavy (non-hydrogen) atoms. The van der Waals surface area contributed by atoms with Gasteiger partial charge in [-0.05, 0) is 87.1 Å². The van der Waals surface area contributed by atoms with Gasteiger partial charge in [-0.25, -0.2) is 0 Å². The van der Waals surface area contributed by atoms with Crippen LogP contribution in [0.5, 0.6) is 0 Å². The normalized spacial score (nSPS) is 20.9. The number of thioether (sulfide) groups is 1. The van der Waals surface area contributed by atoms with Gasteiger partial charge in [0.05, 0.1) is 31.0 Å². The molecule has 1 aliphatic carbocycles. The van der Waals surface area contributed by atoms with Crippen molar-refractivity contribution in [1.82, 2.24) is 36.4 Å². The first-order chi connectivity index (χ1) is 35.9. The smallest absolute Gasteiger partial charge is 0.323 e. The number of aliphatic carboxylic acids is 1. The van der Waals surface area contributed by atoms with E-state index in [4.69, 9.17) is 22.9 Å². The number of anilines is 1. The minimum Gasteiger partial charge on any atom is -0.480 e. The van der Waals surface area contributed by atoms with Crippen LogP contribution in [-0.4, -0.2) is 184 Å². The van der Waals surface area contributed by atoms with Gasteiger partial charge in [0.25, 0.3) is 5.91 Å². The Morgan fingerprint density at radius 2 is 1.53 bits per heavy atom. The summed E-state index contributed by atoms with van der Waals surface area (Å²) in [6, 6.07) is 5.59. The van der Waals surface area contributed by atoms with Crippen LogP contribution < -0.4 is 54.4 Å². The molecule has 1 unspecified atom stereocenters. The SMILES string of the molecule is NCCCC[C@H](N)C(=O)N[C@@H](CCCN=C(N)N)C(=O)N1CCC[C@H]1C(=O)N1C[C@H](O)C[C@H]1C(=O)NCC(=O)N[C@H](C(=O)N[C@@H](CO)C(=O)NC1CSc2ccccc2N(CC(=O)O)C1=O)C1Cc2ccccc2C1. The molecule has 8 amide bonds. The number of nitrogens with one attached hydrogen (secondary N) is 5. The van der Waals surface area contributed by atoms with Gasteiger partial charge in [0.15, 0.2) is 5.96 Å². The molecule has 3 heterocycles. The number of carbonyl (C=O) groups excluding carboxylic acids is 8. The number of para-hydroxylation sites is 1. The van der Waals surface area contributed by atoms with Crippen molar-refractivity contribution in [3.8, 4) is 0 Å². The van der Waals surface area contributed by atoms with Gasteiger partial charge in [-0.3, -0.25) is 53.0 Å². The molecule has 2 saturated heterocycles. The van der Waals surface area contributed by atoms with Crippen LogP contribution in [0.3, 0.4) is 0 Å². The van der Waals surface area contributed by atoms with Crippen LogP contribution in [0.1, 0.15) is 62.5 Å². The monoisotopic (exact) mass is 1060 g/mol. The number of likely N-dealkylation sites (tertiary alicyclic amines) is 2. The van der Waals surface area contributed by atoms with Gasteiger partial charge >= 0.3 is 5.97 Å². The number of β-amino-alcohol motifs (C(OH)–C–C–N with tert-alkyl or cyclic N) is 1. The van der Waals surface area contributed by atoms with Crippen molar-refractivity contribution in [1.29, 1.82) is 0 Å². The largest absolute Gasteiger partial charge is 0.480 e. The molecule has 25 nitrogen and oxygen atoms in total. The second-order valence-corrected chi connectivity index (χ2v) is 20.2. The van der Waals surface area contributed by atoms with Gasteiger partial charge in [0.2, 0.25) is 41.4 Å². The number of carboxylic acids is 1. The molecule has 16 N–H and O–H groups in total. The molecule has 3 aliphatic heterocycles. The number of guanidine groups is 1. The standard InChI is InChI=1S/C49H69N13O12S/c50-16-6-5-11-31(51)42(68)56-32(12-7-17-54-49(52)53)46(72)60-18-8-14-36(60)48(74)61-23-30(64)21-37(61)44(70)55-22-39(65)59-41(29-19-27-9-1-2-10-28(27)20-29)45(71)57-33(25-63)43(69)58-34-26-75-38-15-4-3-13-35(38)62(47(34)73)24-40(66)67/h1-4,9-10,13,15,29-34,36-37,41,63-64H,5-8,11-12,14,16-26,50-51H2,(H,55,70)(H,56,68)(H,57,71)(H,58,69)(H,59,65)(H,66,67)(H4,52,53,54)/t30-,31+,32+,33+,34?,36+,37+,41+/m1/s1. The first kappa shape index (κ1) is 57.4. The van der Waals surface area contributed by atoms with Crippen molar-refractivity contribution >= 4 is 76.6 Å². The van der Waals surface area contributed by atoms with Crippen LogP contribution in [0.4, 0.5) is 5.69 Å². The third-order valence-corrected chi connectivity index (χ3v) is 14.8. The molecule has 0 saturated carbocycles. The third kappa shape index (κ3) is 15.1. The van der Waals surface area contributed by atoms with E-state index in [0.29, 0.717) is 62.1 Å². The summed E-state index contributed by atoms with van der Waals surface area (Å²) in [4.78, 5) is 131. The van der Waals surface area contributed by atoms with Gasteiger partial charge in [-0.15, -0.1) is 11.8 Å². The highest BCUT2D eigenvalue weighted by Crippen LogP contribution is 2.34. The number of rotatable bonds is 24. The van der Waals surface area contributed by atoms with Crippen molar-refractivity contribution < 1.29 is 58.5 Å². The number of nitrogens with zero attached hydrogens (tertiary/aromatic N) is 4. The highest BCUT2D eigenvalue weighted by molar-refractivity contribution is 7.99. The molecule has 0 bridgehead atoms. The van der Waals surface area contributed by atoms with E-state index >= 15 is 0 Å². The minimum absolute atomic E-state index is 0.0106. The number of aliphatic hydroxyl groups excluding tert-OH is 2. The molecule has 6 rings (SSSR count). The maximum absolute atomic E-state index is 14.3. The molecule has 2 aromatic rings. The van der Waals surface area contributed by atoms with Crippen LogP contribution in [0.2, 0.25) is 0 Å². The summed E-state index contributed by atoms with van der Waals surface area (Å²) < 4.78 is 0. The van der Waals surface area contributed by atoms with Gasteiger partial charge in [0.1, 0.15) is 42.8 Å². The highest BCUT2D eigenvalue weighted by atomic mass is 32.2. The predicted molar refractivity (Wildman–Crippen MR) is 274 cm³/mol. The van der Waals surface area contributed by atoms with E-state index in [1.165, 1.54) is 21.6 Å². The Labute approximate surface area is 437 Å². The van der Waals surface area contributed by atoms with Crippen molar-refractivity contribution in [2.45, 2.75) is 118 Å². The molecule has 2 fully saturated rings. The number of hydrogen-bond acceptors (Lipinski definition) is 15. The molecule has 4 aliphatic rings. The highest BCUT2D eigenvalue weighted by Gasteiger charge is 2.46. The first-order valence-electron chi connectivity index (χ1n) is 25.1. The topological polar surface area (TPSA) is 401 Å². The third-order valence-electron chi connectivity index (χ3n) is 13.7. The maximum Gasteiger partial charge on any atom is 0.323 e. The van der Waals surface area contributed by atoms with Crippen molar-refractivity contribution in [3.63, 3.8) is 0 Å². The van der Waals surface area contributed by atoms with Crippen molar-refractivity contribution in [2.75, 3.05) is 56.5 Å². The maximum atomic E-state index is 14.3. The molecule has 0 aromatic heterocycles. The van der Waals surface area contributed by atoms with E-state index in [0.717, 1.165) is 16.0 Å². The molecule has 8 atom stereocenters. The van der Waals surface area contributed by atoms with E-state index in [2.05, 4.69) is 31.6 Å². The van der Waals surface area contributed by atoms with E-state index in [9.17, 15) is 58.5 Å². The molecule has 0 radical (unpaired) electrons. The number of aliphatic imine (C=N–C) groups is 1. The Bertz CT molecular complexity index is 2440. The number of carbonyl (C=O) groups is 9. The Morgan fingerprint density at radius 3 is 2.21 bits per heavy atom. The summed E-state index contributed by atoms with van der Waals surface area (Å²) in [6.07, 6.45) is 2.04. The molecule has 2 aromatic carbocycles. The zero-order valence-corrected chi connectivity index (χ0v) is 42.4. The summed E-state index contributed by atoms with van der Waals surface area (Å²) >= 11 is 1.21. The molecular weight excluding hydrogens is 995 g/mol. The number of aliphatic hydroxyl groups is 2. The van der Waals surface area contributed by atoms with Crippen molar-refractivity contribution in [2.24, 2.45) is 33.8 Å². The van der Waals surface area contributed by atoms with Gasteiger partial charge in [-0.1, -0.05) is 42.8 Å². The Balaban J connectivity index is 1.10. The average Bonchev–Trinajstić information content (AvgIpc) is 4.14. The molecule has 0 spiro atoms. The van der Waals surface area contributed by atoms with Crippen LogP contribution in [0.15, 0.2) is 58.4 Å². The van der Waals surface area contributed by atoms with Gasteiger partial charge in [-0.2, -0.15) is 0 Å².